The molecule has 3 N–H and O–H groups in total. The van der Waals surface area contributed by atoms with Crippen molar-refractivity contribution in [2.24, 2.45) is 0 Å². The largest absolute Gasteiger partial charge is 0.481 e. The fraction of sp³-hybridized carbons (Fsp3) is 0.400. The van der Waals surface area contributed by atoms with E-state index in [1.54, 1.807) is 0 Å². The second-order valence-corrected chi connectivity index (χ2v) is 2.01. The molecule has 11 heavy (non-hydrogen) atoms. The molecule has 0 aliphatic rings. The first-order valence-corrected chi connectivity index (χ1v) is 3.06. The molecule has 0 aliphatic heterocycles. The molecule has 1 rings (SSSR count). The summed E-state index contributed by atoms with van der Waals surface area (Å²) < 4.78 is 0. The van der Waals surface area contributed by atoms with Crippen LogP contribution in [0.3, 0.4) is 0 Å². The second-order valence-electron chi connectivity index (χ2n) is 2.01. The molecule has 1 aromatic heterocycles. The molecule has 6 nitrogen and oxygen atoms in total. The number of aryl methyl sites for hydroxylation is 1. The maximum absolute atomic E-state index is 10.1. The van der Waals surface area contributed by atoms with Crippen LogP contribution in [0.2, 0.25) is 0 Å². The van der Waals surface area contributed by atoms with Crippen molar-refractivity contribution < 1.29 is 9.90 Å². The smallest absolute Gasteiger partial charge is 0.305 e. The Labute approximate surface area is 62.6 Å². The van der Waals surface area contributed by atoms with Gasteiger partial charge in [-0.3, -0.25) is 4.79 Å². The first-order chi connectivity index (χ1) is 5.18. The molecule has 0 unspecified atom stereocenters. The summed E-state index contributed by atoms with van der Waals surface area (Å²) in [4.78, 5) is 11.3. The molecule has 0 amide bonds. The van der Waals surface area contributed by atoms with Crippen molar-refractivity contribution in [2.45, 2.75) is 13.0 Å². The van der Waals surface area contributed by atoms with Gasteiger partial charge in [0, 0.05) is 0 Å². The van der Waals surface area contributed by atoms with Crippen molar-refractivity contribution in [1.82, 2.24) is 15.0 Å². The van der Waals surface area contributed by atoms with E-state index in [2.05, 4.69) is 10.2 Å². The first-order valence-electron chi connectivity index (χ1n) is 3.06. The number of hydrogen-bond donors (Lipinski definition) is 2. The lowest BCUT2D eigenvalue weighted by Gasteiger charge is -1.93. The van der Waals surface area contributed by atoms with Gasteiger partial charge in [0.25, 0.3) is 0 Å². The maximum Gasteiger partial charge on any atom is 0.305 e. The summed E-state index contributed by atoms with van der Waals surface area (Å²) >= 11 is 0. The fourth-order valence-corrected chi connectivity index (χ4v) is 0.614. The Bertz CT molecular complexity index is 257. The van der Waals surface area contributed by atoms with Gasteiger partial charge in [-0.15, -0.1) is 5.10 Å². The van der Waals surface area contributed by atoms with Crippen molar-refractivity contribution >= 4 is 11.8 Å². The van der Waals surface area contributed by atoms with Crippen molar-refractivity contribution in [3.8, 4) is 0 Å². The summed E-state index contributed by atoms with van der Waals surface area (Å²) in [5.74, 6) is -0.573. The lowest BCUT2D eigenvalue weighted by Crippen LogP contribution is -2.07. The summed E-state index contributed by atoms with van der Waals surface area (Å²) in [6, 6.07) is 0. The highest BCUT2D eigenvalue weighted by atomic mass is 16.4. The predicted octanol–water partition coefficient (Wildman–Crippen LogP) is -0.665. The van der Waals surface area contributed by atoms with Crippen LogP contribution < -0.4 is 5.73 Å². The van der Waals surface area contributed by atoms with Gasteiger partial charge in [0.05, 0.1) is 19.2 Å². The molecule has 0 radical (unpaired) electrons. The minimum atomic E-state index is -0.874. The summed E-state index contributed by atoms with van der Waals surface area (Å²) in [6.07, 6.45) is 1.38. The molecule has 0 atom stereocenters. The number of hydrogen-bond acceptors (Lipinski definition) is 4. The number of nitrogens with zero attached hydrogens (tertiary/aromatic N) is 3. The summed E-state index contributed by atoms with van der Waals surface area (Å²) in [5, 5.41) is 15.7. The zero-order chi connectivity index (χ0) is 8.27. The molecule has 6 heteroatoms. The van der Waals surface area contributed by atoms with E-state index in [9.17, 15) is 4.79 Å². The van der Waals surface area contributed by atoms with Crippen molar-refractivity contribution in [3.63, 3.8) is 0 Å². The molecule has 0 spiro atoms. The van der Waals surface area contributed by atoms with Crippen molar-refractivity contribution in [3.05, 3.63) is 6.20 Å². The summed E-state index contributed by atoms with van der Waals surface area (Å²) in [5.41, 5.74) is 5.24. The number of carbonyl (C=O) groups is 1. The molecule has 1 heterocycles. The topological polar surface area (TPSA) is 94.0 Å². The average molecular weight is 156 g/mol. The highest BCUT2D eigenvalue weighted by molar-refractivity contribution is 5.66. The van der Waals surface area contributed by atoms with Crippen molar-refractivity contribution in [1.29, 1.82) is 0 Å². The number of rotatable bonds is 3. The van der Waals surface area contributed by atoms with Crippen LogP contribution in [-0.4, -0.2) is 26.1 Å². The number of nitrogens with two attached hydrogens (primary N) is 1. The normalized spacial score (nSPS) is 9.82. The van der Waals surface area contributed by atoms with Crippen LogP contribution >= 0.6 is 0 Å². The SMILES string of the molecule is Nc1cnn(CCC(=O)O)n1. The fourth-order valence-electron chi connectivity index (χ4n) is 0.614. The van der Waals surface area contributed by atoms with Gasteiger partial charge < -0.3 is 10.8 Å². The molecular weight excluding hydrogens is 148 g/mol. The maximum atomic E-state index is 10.1. The Kier molecular flexibility index (Phi) is 2.05. The Morgan fingerprint density at radius 2 is 2.55 bits per heavy atom. The van der Waals surface area contributed by atoms with E-state index in [1.165, 1.54) is 11.0 Å². The lowest BCUT2D eigenvalue weighted by atomic mass is 10.4. The highest BCUT2D eigenvalue weighted by Gasteiger charge is 1.99. The Morgan fingerprint density at radius 1 is 1.82 bits per heavy atom. The zero-order valence-corrected chi connectivity index (χ0v) is 5.77. The highest BCUT2D eigenvalue weighted by Crippen LogP contribution is 1.92. The monoisotopic (exact) mass is 156 g/mol. The van der Waals surface area contributed by atoms with Crippen LogP contribution in [0.5, 0.6) is 0 Å². The van der Waals surface area contributed by atoms with Gasteiger partial charge in [0.1, 0.15) is 0 Å². The predicted molar refractivity (Wildman–Crippen MR) is 36.7 cm³/mol. The van der Waals surface area contributed by atoms with E-state index in [-0.39, 0.29) is 13.0 Å². The number of carboxylic acids is 1. The van der Waals surface area contributed by atoms with E-state index in [1.807, 2.05) is 0 Å². The minimum Gasteiger partial charge on any atom is -0.481 e. The summed E-state index contributed by atoms with van der Waals surface area (Å²) in [7, 11) is 0. The van der Waals surface area contributed by atoms with E-state index in [0.717, 1.165) is 0 Å². The zero-order valence-electron chi connectivity index (χ0n) is 5.77. The second kappa shape index (κ2) is 3.00. The Balaban J connectivity index is 2.45. The van der Waals surface area contributed by atoms with Crippen LogP contribution in [0.4, 0.5) is 5.82 Å². The minimum absolute atomic E-state index is 0.00806. The van der Waals surface area contributed by atoms with E-state index in [4.69, 9.17) is 10.8 Å². The van der Waals surface area contributed by atoms with Crippen LogP contribution in [-0.2, 0) is 11.3 Å². The molecular formula is C5H8N4O2. The molecule has 0 aromatic carbocycles. The Morgan fingerprint density at radius 3 is 3.00 bits per heavy atom. The molecule has 0 bridgehead atoms. The van der Waals surface area contributed by atoms with Gasteiger partial charge in [0.15, 0.2) is 5.82 Å². The molecule has 0 fully saturated rings. The van der Waals surface area contributed by atoms with Gasteiger partial charge in [-0.1, -0.05) is 0 Å². The number of nitrogen functional groups attached to an aromatic ring is 1. The molecule has 0 aliphatic carbocycles. The van der Waals surface area contributed by atoms with Crippen LogP contribution in [0, 0.1) is 0 Å². The standard InChI is InChI=1S/C5H8N4O2/c6-4-3-7-9(8-4)2-1-5(10)11/h3H,1-2H2,(H2,6,8)(H,10,11). The average Bonchev–Trinajstić information content (AvgIpc) is 2.31. The van der Waals surface area contributed by atoms with Crippen LogP contribution in [0.25, 0.3) is 0 Å². The van der Waals surface area contributed by atoms with E-state index < -0.39 is 5.97 Å². The first kappa shape index (κ1) is 7.52. The third-order valence-electron chi connectivity index (χ3n) is 1.08. The van der Waals surface area contributed by atoms with Gasteiger partial charge in [-0.05, 0) is 0 Å². The number of carboxylic acid groups (broad SMARTS) is 1. The van der Waals surface area contributed by atoms with E-state index >= 15 is 0 Å². The van der Waals surface area contributed by atoms with E-state index in [0.29, 0.717) is 5.82 Å². The Hall–Kier alpha value is -1.59. The number of anilines is 1. The van der Waals surface area contributed by atoms with Crippen LogP contribution in [0.1, 0.15) is 6.42 Å². The molecule has 60 valence electrons. The molecule has 0 saturated carbocycles. The third-order valence-corrected chi connectivity index (χ3v) is 1.08. The van der Waals surface area contributed by atoms with Gasteiger partial charge in [-0.25, -0.2) is 0 Å². The van der Waals surface area contributed by atoms with Gasteiger partial charge in [0.2, 0.25) is 0 Å². The number of aromatic nitrogens is 3. The number of aliphatic carboxylic acids is 1. The van der Waals surface area contributed by atoms with Gasteiger partial charge in [-0.2, -0.15) is 9.90 Å². The molecule has 0 saturated heterocycles. The third kappa shape index (κ3) is 2.24. The molecule has 1 aromatic rings. The lowest BCUT2D eigenvalue weighted by molar-refractivity contribution is -0.137. The van der Waals surface area contributed by atoms with Crippen LogP contribution in [0.15, 0.2) is 6.20 Å². The van der Waals surface area contributed by atoms with Gasteiger partial charge >= 0.3 is 5.97 Å². The quantitative estimate of drug-likeness (QED) is 0.605. The van der Waals surface area contributed by atoms with Crippen molar-refractivity contribution in [2.75, 3.05) is 5.73 Å². The summed E-state index contributed by atoms with van der Waals surface area (Å²) in [6.45, 7) is 0.256.